The molecule has 5 nitrogen and oxygen atoms in total. The minimum atomic E-state index is -0.201. The molecule has 2 rings (SSSR count). The molecule has 0 spiro atoms. The second-order valence-electron chi connectivity index (χ2n) is 4.01. The number of nitrogen functional groups attached to an aromatic ring is 1. The Morgan fingerprint density at radius 3 is 2.83 bits per heavy atom. The van der Waals surface area contributed by atoms with E-state index >= 15 is 0 Å². The van der Waals surface area contributed by atoms with Crippen molar-refractivity contribution < 1.29 is 0 Å². The molecule has 0 saturated carbocycles. The molecule has 0 unspecified atom stereocenters. The Hall–Kier alpha value is -2.61. The number of aromatic nitrogens is 2. The molecule has 0 saturated heterocycles. The van der Waals surface area contributed by atoms with E-state index in [1.54, 1.807) is 12.1 Å². The summed E-state index contributed by atoms with van der Waals surface area (Å²) in [6, 6.07) is 10.3. The number of anilines is 1. The standard InChI is InChI=1S/C13H12N4O/c1-9-6-10(7-14)2-3-11(9)8-17-13(18)5-4-12(15)16-17/h2-6H,8H2,1H3,(H2,15,16). The van der Waals surface area contributed by atoms with Gasteiger partial charge in [0.15, 0.2) is 0 Å². The quantitative estimate of drug-likeness (QED) is 0.850. The zero-order chi connectivity index (χ0) is 13.1. The highest BCUT2D eigenvalue weighted by molar-refractivity contribution is 5.37. The van der Waals surface area contributed by atoms with Crippen LogP contribution in [0.2, 0.25) is 0 Å². The van der Waals surface area contributed by atoms with Gasteiger partial charge in [0.2, 0.25) is 0 Å². The Kier molecular flexibility index (Phi) is 3.11. The van der Waals surface area contributed by atoms with E-state index in [0.29, 0.717) is 17.9 Å². The van der Waals surface area contributed by atoms with E-state index in [0.717, 1.165) is 11.1 Å². The van der Waals surface area contributed by atoms with Crippen LogP contribution < -0.4 is 11.3 Å². The molecule has 0 aliphatic heterocycles. The van der Waals surface area contributed by atoms with Gasteiger partial charge in [0.25, 0.3) is 5.56 Å². The van der Waals surface area contributed by atoms with Crippen LogP contribution in [-0.2, 0) is 6.54 Å². The summed E-state index contributed by atoms with van der Waals surface area (Å²) in [5.74, 6) is 0.306. The molecule has 0 bridgehead atoms. The van der Waals surface area contributed by atoms with Crippen LogP contribution in [0.15, 0.2) is 35.1 Å². The lowest BCUT2D eigenvalue weighted by atomic mass is 10.1. The monoisotopic (exact) mass is 240 g/mol. The van der Waals surface area contributed by atoms with Gasteiger partial charge in [-0.2, -0.15) is 10.4 Å². The van der Waals surface area contributed by atoms with E-state index in [1.165, 1.54) is 16.8 Å². The number of hydrogen-bond acceptors (Lipinski definition) is 4. The molecule has 0 amide bonds. The lowest BCUT2D eigenvalue weighted by Gasteiger charge is -2.08. The van der Waals surface area contributed by atoms with Crippen molar-refractivity contribution in [3.63, 3.8) is 0 Å². The van der Waals surface area contributed by atoms with Crippen molar-refractivity contribution in [1.82, 2.24) is 9.78 Å². The van der Waals surface area contributed by atoms with Crippen LogP contribution in [0.5, 0.6) is 0 Å². The molecule has 0 aliphatic carbocycles. The molecule has 2 aromatic rings. The second-order valence-corrected chi connectivity index (χ2v) is 4.01. The summed E-state index contributed by atoms with van der Waals surface area (Å²) in [4.78, 5) is 11.6. The van der Waals surface area contributed by atoms with Crippen LogP contribution in [0.4, 0.5) is 5.82 Å². The third kappa shape index (κ3) is 2.38. The van der Waals surface area contributed by atoms with Gasteiger partial charge in [0.1, 0.15) is 5.82 Å². The maximum atomic E-state index is 11.6. The molecular formula is C13H12N4O. The number of nitrogens with two attached hydrogens (primary N) is 1. The first-order chi connectivity index (χ1) is 8.60. The van der Waals surface area contributed by atoms with Crippen molar-refractivity contribution in [3.05, 3.63) is 57.4 Å². The molecule has 0 radical (unpaired) electrons. The Bertz CT molecular complexity index is 682. The van der Waals surface area contributed by atoms with Crippen LogP contribution in [0, 0.1) is 18.3 Å². The van der Waals surface area contributed by atoms with Gasteiger partial charge in [0.05, 0.1) is 18.2 Å². The zero-order valence-corrected chi connectivity index (χ0v) is 9.92. The van der Waals surface area contributed by atoms with Crippen molar-refractivity contribution >= 4 is 5.82 Å². The lowest BCUT2D eigenvalue weighted by molar-refractivity contribution is 0.642. The Morgan fingerprint density at radius 1 is 1.39 bits per heavy atom. The minimum absolute atomic E-state index is 0.201. The van der Waals surface area contributed by atoms with Gasteiger partial charge < -0.3 is 5.73 Å². The molecule has 5 heteroatoms. The van der Waals surface area contributed by atoms with Crippen LogP contribution in [0.1, 0.15) is 16.7 Å². The van der Waals surface area contributed by atoms with Gasteiger partial charge in [-0.1, -0.05) is 6.07 Å². The summed E-state index contributed by atoms with van der Waals surface area (Å²) in [5, 5.41) is 12.8. The smallest absolute Gasteiger partial charge is 0.267 e. The predicted molar refractivity (Wildman–Crippen MR) is 67.9 cm³/mol. The van der Waals surface area contributed by atoms with Crippen molar-refractivity contribution in [1.29, 1.82) is 5.26 Å². The molecule has 1 heterocycles. The van der Waals surface area contributed by atoms with Gasteiger partial charge in [-0.15, -0.1) is 0 Å². The average molecular weight is 240 g/mol. The highest BCUT2D eigenvalue weighted by Crippen LogP contribution is 2.11. The molecule has 2 N–H and O–H groups in total. The minimum Gasteiger partial charge on any atom is -0.382 e. The second kappa shape index (κ2) is 4.72. The number of nitrogens with zero attached hydrogens (tertiary/aromatic N) is 3. The topological polar surface area (TPSA) is 84.7 Å². The fourth-order valence-electron chi connectivity index (χ4n) is 1.68. The Balaban J connectivity index is 2.38. The first-order valence-corrected chi connectivity index (χ1v) is 5.43. The van der Waals surface area contributed by atoms with E-state index in [9.17, 15) is 4.79 Å². The molecule has 0 atom stereocenters. The Morgan fingerprint density at radius 2 is 2.17 bits per heavy atom. The van der Waals surface area contributed by atoms with Crippen LogP contribution in [-0.4, -0.2) is 9.78 Å². The van der Waals surface area contributed by atoms with Crippen LogP contribution in [0.25, 0.3) is 0 Å². The highest BCUT2D eigenvalue weighted by Gasteiger charge is 2.04. The summed E-state index contributed by atoms with van der Waals surface area (Å²) < 4.78 is 1.31. The van der Waals surface area contributed by atoms with Crippen molar-refractivity contribution in [2.75, 3.05) is 5.73 Å². The first kappa shape index (κ1) is 11.9. The van der Waals surface area contributed by atoms with Gasteiger partial charge in [-0.25, -0.2) is 4.68 Å². The van der Waals surface area contributed by atoms with E-state index in [4.69, 9.17) is 11.0 Å². The number of aryl methyl sites for hydroxylation is 1. The van der Waals surface area contributed by atoms with E-state index in [1.807, 2.05) is 13.0 Å². The molecule has 1 aromatic heterocycles. The van der Waals surface area contributed by atoms with Crippen molar-refractivity contribution in [2.45, 2.75) is 13.5 Å². The first-order valence-electron chi connectivity index (χ1n) is 5.43. The summed E-state index contributed by atoms with van der Waals surface area (Å²) in [6.07, 6.45) is 0. The van der Waals surface area contributed by atoms with Crippen LogP contribution >= 0.6 is 0 Å². The molecule has 90 valence electrons. The van der Waals surface area contributed by atoms with E-state index in [2.05, 4.69) is 11.2 Å². The maximum Gasteiger partial charge on any atom is 0.267 e. The summed E-state index contributed by atoms with van der Waals surface area (Å²) >= 11 is 0. The lowest BCUT2D eigenvalue weighted by Crippen LogP contribution is -2.23. The van der Waals surface area contributed by atoms with Gasteiger partial charge >= 0.3 is 0 Å². The zero-order valence-electron chi connectivity index (χ0n) is 9.92. The number of hydrogen-bond donors (Lipinski definition) is 1. The Labute approximate surface area is 104 Å². The largest absolute Gasteiger partial charge is 0.382 e. The van der Waals surface area contributed by atoms with Crippen molar-refractivity contribution in [3.8, 4) is 6.07 Å². The van der Waals surface area contributed by atoms with Crippen molar-refractivity contribution in [2.24, 2.45) is 0 Å². The van der Waals surface area contributed by atoms with E-state index < -0.39 is 0 Å². The number of nitriles is 1. The SMILES string of the molecule is Cc1cc(C#N)ccc1Cn1nc(N)ccc1=O. The average Bonchev–Trinajstić information content (AvgIpc) is 2.36. The van der Waals surface area contributed by atoms with Gasteiger partial charge in [-0.05, 0) is 36.2 Å². The highest BCUT2D eigenvalue weighted by atomic mass is 16.1. The molecular weight excluding hydrogens is 228 g/mol. The number of rotatable bonds is 2. The van der Waals surface area contributed by atoms with Gasteiger partial charge in [0, 0.05) is 6.07 Å². The maximum absolute atomic E-state index is 11.6. The van der Waals surface area contributed by atoms with Crippen LogP contribution in [0.3, 0.4) is 0 Å². The predicted octanol–water partition coefficient (Wildman–Crippen LogP) is 1.05. The summed E-state index contributed by atoms with van der Waals surface area (Å²) in [7, 11) is 0. The summed E-state index contributed by atoms with van der Waals surface area (Å²) in [5.41, 5.74) is 7.84. The molecule has 1 aromatic carbocycles. The number of benzene rings is 1. The molecule has 0 aliphatic rings. The third-order valence-corrected chi connectivity index (χ3v) is 2.68. The third-order valence-electron chi connectivity index (χ3n) is 2.68. The normalized spacial score (nSPS) is 10.0. The summed E-state index contributed by atoms with van der Waals surface area (Å²) in [6.45, 7) is 2.24. The fraction of sp³-hybridized carbons (Fsp3) is 0.154. The fourth-order valence-corrected chi connectivity index (χ4v) is 1.68. The molecule has 18 heavy (non-hydrogen) atoms. The molecule has 0 fully saturated rings. The van der Waals surface area contributed by atoms with Gasteiger partial charge in [-0.3, -0.25) is 4.79 Å². The van der Waals surface area contributed by atoms with E-state index in [-0.39, 0.29) is 5.56 Å².